The van der Waals surface area contributed by atoms with Crippen LogP contribution in [0.2, 0.25) is 10.0 Å². The summed E-state index contributed by atoms with van der Waals surface area (Å²) in [6.45, 7) is 2.23. The molecule has 1 N–H and O–H groups in total. The lowest BCUT2D eigenvalue weighted by molar-refractivity contribution is 0.253. The average molecular weight is 331 g/mol. The second kappa shape index (κ2) is 7.02. The van der Waals surface area contributed by atoms with Gasteiger partial charge in [0.15, 0.2) is 0 Å². The first-order valence-electron chi connectivity index (χ1n) is 6.48. The minimum absolute atomic E-state index is 0.0431. The molecule has 21 heavy (non-hydrogen) atoms. The summed E-state index contributed by atoms with van der Waals surface area (Å²) in [5.74, 6) is 1.36. The van der Waals surface area contributed by atoms with Crippen LogP contribution in [0.1, 0.15) is 12.6 Å². The number of ether oxygens (including phenoxy) is 2. The standard InChI is InChI=1S/C14H16Cl2N2O3/c1-3-11-13(14(20-2)18(17-11)6-7-19)21-12-8-9(15)4-5-10(12)16/h4-5,8,19H,3,6-7H2,1-2H3. The van der Waals surface area contributed by atoms with Gasteiger partial charge in [-0.2, -0.15) is 5.10 Å². The molecule has 1 aromatic carbocycles. The molecule has 2 aromatic rings. The summed E-state index contributed by atoms with van der Waals surface area (Å²) in [5, 5.41) is 14.4. The molecular weight excluding hydrogens is 315 g/mol. The number of aliphatic hydroxyl groups excluding tert-OH is 1. The maximum Gasteiger partial charge on any atom is 0.256 e. The monoisotopic (exact) mass is 330 g/mol. The first-order valence-corrected chi connectivity index (χ1v) is 7.23. The molecule has 1 heterocycles. The van der Waals surface area contributed by atoms with E-state index < -0.39 is 0 Å². The highest BCUT2D eigenvalue weighted by atomic mass is 35.5. The van der Waals surface area contributed by atoms with Crippen molar-refractivity contribution in [1.29, 1.82) is 0 Å². The number of rotatable bonds is 6. The third-order valence-electron chi connectivity index (χ3n) is 2.88. The number of benzene rings is 1. The van der Waals surface area contributed by atoms with Crippen LogP contribution in [0.15, 0.2) is 18.2 Å². The van der Waals surface area contributed by atoms with E-state index in [1.165, 1.54) is 7.11 Å². The zero-order valence-electron chi connectivity index (χ0n) is 11.8. The molecule has 0 bridgehead atoms. The van der Waals surface area contributed by atoms with Crippen LogP contribution in [-0.4, -0.2) is 28.6 Å². The largest absolute Gasteiger partial charge is 0.479 e. The number of aliphatic hydroxyl groups is 1. The minimum Gasteiger partial charge on any atom is -0.479 e. The predicted octanol–water partition coefficient (Wildman–Crippen LogP) is 3.55. The Bertz CT molecular complexity index is 629. The minimum atomic E-state index is -0.0431. The van der Waals surface area contributed by atoms with Gasteiger partial charge >= 0.3 is 0 Å². The lowest BCUT2D eigenvalue weighted by atomic mass is 10.3. The third-order valence-corrected chi connectivity index (χ3v) is 3.42. The Morgan fingerprint density at radius 2 is 2.10 bits per heavy atom. The molecule has 0 fully saturated rings. The molecule has 0 spiro atoms. The van der Waals surface area contributed by atoms with Gasteiger partial charge in [0.05, 0.1) is 25.3 Å². The van der Waals surface area contributed by atoms with Gasteiger partial charge in [0.1, 0.15) is 11.4 Å². The van der Waals surface area contributed by atoms with Crippen molar-refractivity contribution >= 4 is 23.2 Å². The summed E-state index contributed by atoms with van der Waals surface area (Å²) >= 11 is 12.1. The summed E-state index contributed by atoms with van der Waals surface area (Å²) in [7, 11) is 1.52. The van der Waals surface area contributed by atoms with Crippen molar-refractivity contribution in [2.75, 3.05) is 13.7 Å². The van der Waals surface area contributed by atoms with Crippen LogP contribution in [0.5, 0.6) is 17.4 Å². The topological polar surface area (TPSA) is 56.5 Å². The van der Waals surface area contributed by atoms with E-state index in [4.69, 9.17) is 37.8 Å². The highest BCUT2D eigenvalue weighted by Crippen LogP contribution is 2.39. The molecule has 0 aliphatic rings. The second-order valence-electron chi connectivity index (χ2n) is 4.26. The Kier molecular flexibility index (Phi) is 5.33. The van der Waals surface area contributed by atoms with E-state index in [0.29, 0.717) is 40.4 Å². The fraction of sp³-hybridized carbons (Fsp3) is 0.357. The molecule has 0 radical (unpaired) electrons. The summed E-state index contributed by atoms with van der Waals surface area (Å²) < 4.78 is 12.8. The van der Waals surface area contributed by atoms with Crippen LogP contribution >= 0.6 is 23.2 Å². The van der Waals surface area contributed by atoms with E-state index in [1.807, 2.05) is 6.92 Å². The number of halogens is 2. The van der Waals surface area contributed by atoms with Crippen LogP contribution in [-0.2, 0) is 13.0 Å². The van der Waals surface area contributed by atoms with Gasteiger partial charge in [-0.25, -0.2) is 4.68 Å². The molecule has 5 nitrogen and oxygen atoms in total. The molecule has 1 aromatic heterocycles. The second-order valence-corrected chi connectivity index (χ2v) is 5.11. The van der Waals surface area contributed by atoms with Crippen LogP contribution < -0.4 is 9.47 Å². The van der Waals surface area contributed by atoms with Crippen molar-refractivity contribution in [3.8, 4) is 17.4 Å². The van der Waals surface area contributed by atoms with Crippen molar-refractivity contribution in [2.24, 2.45) is 0 Å². The van der Waals surface area contributed by atoms with Crippen LogP contribution in [0.4, 0.5) is 0 Å². The van der Waals surface area contributed by atoms with E-state index >= 15 is 0 Å². The van der Waals surface area contributed by atoms with Crippen LogP contribution in [0.25, 0.3) is 0 Å². The van der Waals surface area contributed by atoms with Crippen LogP contribution in [0.3, 0.4) is 0 Å². The molecule has 0 amide bonds. The maximum absolute atomic E-state index is 9.09. The molecule has 0 saturated carbocycles. The maximum atomic E-state index is 9.09. The first-order chi connectivity index (χ1) is 10.1. The van der Waals surface area contributed by atoms with Gasteiger partial charge < -0.3 is 14.6 Å². The average Bonchev–Trinajstić information content (AvgIpc) is 2.80. The van der Waals surface area contributed by atoms with Gasteiger partial charge in [0, 0.05) is 11.1 Å². The molecular formula is C14H16Cl2N2O3. The zero-order chi connectivity index (χ0) is 15.4. The van der Waals surface area contributed by atoms with Gasteiger partial charge in [-0.15, -0.1) is 0 Å². The quantitative estimate of drug-likeness (QED) is 0.880. The number of hydrogen-bond acceptors (Lipinski definition) is 4. The van der Waals surface area contributed by atoms with Crippen molar-refractivity contribution in [2.45, 2.75) is 19.9 Å². The SMILES string of the molecule is CCc1nn(CCO)c(OC)c1Oc1cc(Cl)ccc1Cl. The molecule has 114 valence electrons. The number of aromatic nitrogens is 2. The number of methoxy groups -OCH3 is 1. The molecule has 0 saturated heterocycles. The van der Waals surface area contributed by atoms with E-state index in [0.717, 1.165) is 5.69 Å². The lowest BCUT2D eigenvalue weighted by Gasteiger charge is -2.10. The molecule has 7 heteroatoms. The molecule has 0 atom stereocenters. The molecule has 2 rings (SSSR count). The van der Waals surface area contributed by atoms with E-state index in [2.05, 4.69) is 5.10 Å². The first kappa shape index (κ1) is 15.9. The normalized spacial score (nSPS) is 10.7. The van der Waals surface area contributed by atoms with Crippen molar-refractivity contribution in [1.82, 2.24) is 9.78 Å². The fourth-order valence-electron chi connectivity index (χ4n) is 1.92. The Morgan fingerprint density at radius 3 is 2.71 bits per heavy atom. The molecule has 0 unspecified atom stereocenters. The third kappa shape index (κ3) is 3.43. The number of nitrogens with zero attached hydrogens (tertiary/aromatic N) is 2. The summed E-state index contributed by atoms with van der Waals surface area (Å²) in [6.07, 6.45) is 0.655. The Labute approximate surface area is 133 Å². The smallest absolute Gasteiger partial charge is 0.256 e. The Hall–Kier alpha value is -1.43. The van der Waals surface area contributed by atoms with E-state index in [-0.39, 0.29) is 6.61 Å². The number of aryl methyl sites for hydroxylation is 1. The summed E-state index contributed by atoms with van der Waals surface area (Å²) in [6, 6.07) is 4.98. The zero-order valence-corrected chi connectivity index (χ0v) is 13.3. The van der Waals surface area contributed by atoms with E-state index in [1.54, 1.807) is 22.9 Å². The van der Waals surface area contributed by atoms with Gasteiger partial charge in [-0.1, -0.05) is 30.1 Å². The molecule has 0 aliphatic carbocycles. The predicted molar refractivity (Wildman–Crippen MR) is 81.8 cm³/mol. The van der Waals surface area contributed by atoms with Gasteiger partial charge in [-0.05, 0) is 18.6 Å². The lowest BCUT2D eigenvalue weighted by Crippen LogP contribution is -2.06. The van der Waals surface area contributed by atoms with Crippen molar-refractivity contribution in [3.63, 3.8) is 0 Å². The molecule has 0 aliphatic heterocycles. The summed E-state index contributed by atoms with van der Waals surface area (Å²) in [5.41, 5.74) is 0.719. The van der Waals surface area contributed by atoms with E-state index in [9.17, 15) is 0 Å². The van der Waals surface area contributed by atoms with Crippen LogP contribution in [0, 0.1) is 0 Å². The van der Waals surface area contributed by atoms with Crippen molar-refractivity contribution in [3.05, 3.63) is 33.9 Å². The number of hydrogen-bond donors (Lipinski definition) is 1. The van der Waals surface area contributed by atoms with Gasteiger partial charge in [-0.3, -0.25) is 0 Å². The summed E-state index contributed by atoms with van der Waals surface area (Å²) in [4.78, 5) is 0. The van der Waals surface area contributed by atoms with Crippen molar-refractivity contribution < 1.29 is 14.6 Å². The highest BCUT2D eigenvalue weighted by molar-refractivity contribution is 6.34. The van der Waals surface area contributed by atoms with Gasteiger partial charge in [0.2, 0.25) is 5.75 Å². The highest BCUT2D eigenvalue weighted by Gasteiger charge is 2.20. The van der Waals surface area contributed by atoms with Gasteiger partial charge in [0.25, 0.3) is 5.88 Å². The fourth-order valence-corrected chi connectivity index (χ4v) is 2.24. The Balaban J connectivity index is 2.44. The Morgan fingerprint density at radius 1 is 1.33 bits per heavy atom.